The lowest BCUT2D eigenvalue weighted by Gasteiger charge is -2.17. The Hall–Kier alpha value is -1.42. The maximum absolute atomic E-state index is 13.9. The van der Waals surface area contributed by atoms with Crippen LogP contribution in [0, 0.1) is 17.7 Å². The van der Waals surface area contributed by atoms with Crippen LogP contribution in [0.1, 0.15) is 29.3 Å². The molecular weight excluding hydrogens is 233 g/mol. The molecule has 0 radical (unpaired) electrons. The van der Waals surface area contributed by atoms with Crippen molar-refractivity contribution in [1.29, 1.82) is 0 Å². The van der Waals surface area contributed by atoms with Gasteiger partial charge >= 0.3 is 5.97 Å². The Morgan fingerprint density at radius 1 is 1.56 bits per heavy atom. The molecule has 1 aliphatic rings. The van der Waals surface area contributed by atoms with E-state index in [1.807, 2.05) is 7.05 Å². The van der Waals surface area contributed by atoms with Gasteiger partial charge in [0.15, 0.2) is 0 Å². The summed E-state index contributed by atoms with van der Waals surface area (Å²) in [5, 5.41) is 8.86. The third kappa shape index (κ3) is 2.88. The third-order valence-electron chi connectivity index (χ3n) is 3.57. The lowest BCUT2D eigenvalue weighted by Crippen LogP contribution is -2.22. The second-order valence-corrected chi connectivity index (χ2v) is 5.25. The number of nitrogens with zero attached hydrogens (tertiary/aromatic N) is 1. The standard InChI is InChI=1S/C14H18FNO2/c1-9-6-11(9)8-16(2)7-10-4-3-5-12(13(10)15)14(17)18/h3-5,9,11H,6-8H2,1-2H3,(H,17,18). The van der Waals surface area contributed by atoms with Crippen LogP contribution in [0.4, 0.5) is 4.39 Å². The van der Waals surface area contributed by atoms with Crippen molar-refractivity contribution in [2.24, 2.45) is 11.8 Å². The first-order chi connectivity index (χ1) is 8.49. The van der Waals surface area contributed by atoms with E-state index in [-0.39, 0.29) is 5.56 Å². The number of carboxylic acids is 1. The molecule has 2 unspecified atom stereocenters. The van der Waals surface area contributed by atoms with E-state index in [1.54, 1.807) is 12.1 Å². The predicted molar refractivity (Wildman–Crippen MR) is 67.0 cm³/mol. The fourth-order valence-electron chi connectivity index (χ4n) is 2.28. The maximum atomic E-state index is 13.9. The highest BCUT2D eigenvalue weighted by Gasteiger charge is 2.33. The quantitative estimate of drug-likeness (QED) is 0.874. The zero-order valence-electron chi connectivity index (χ0n) is 10.7. The summed E-state index contributed by atoms with van der Waals surface area (Å²) in [6.45, 7) is 3.61. The molecule has 1 aliphatic carbocycles. The molecule has 1 fully saturated rings. The van der Waals surface area contributed by atoms with Crippen LogP contribution in [0.5, 0.6) is 0 Å². The summed E-state index contributed by atoms with van der Waals surface area (Å²) in [5.41, 5.74) is 0.200. The molecule has 1 aromatic carbocycles. The molecule has 4 heteroatoms. The molecule has 0 aromatic heterocycles. The second-order valence-electron chi connectivity index (χ2n) is 5.25. The van der Waals surface area contributed by atoms with Gasteiger partial charge < -0.3 is 10.0 Å². The third-order valence-corrected chi connectivity index (χ3v) is 3.57. The predicted octanol–water partition coefficient (Wildman–Crippen LogP) is 2.61. The highest BCUT2D eigenvalue weighted by Crippen LogP contribution is 2.38. The van der Waals surface area contributed by atoms with E-state index in [4.69, 9.17) is 5.11 Å². The van der Waals surface area contributed by atoms with Crippen molar-refractivity contribution in [3.05, 3.63) is 35.1 Å². The molecule has 0 saturated heterocycles. The molecule has 2 atom stereocenters. The van der Waals surface area contributed by atoms with Gasteiger partial charge in [-0.25, -0.2) is 9.18 Å². The van der Waals surface area contributed by atoms with Gasteiger partial charge in [0.1, 0.15) is 5.82 Å². The van der Waals surface area contributed by atoms with Gasteiger partial charge in [-0.15, -0.1) is 0 Å². The number of carboxylic acid groups (broad SMARTS) is 1. The van der Waals surface area contributed by atoms with Crippen molar-refractivity contribution in [2.45, 2.75) is 19.9 Å². The Morgan fingerprint density at radius 3 is 2.78 bits per heavy atom. The van der Waals surface area contributed by atoms with Gasteiger partial charge in [0, 0.05) is 18.7 Å². The Morgan fingerprint density at radius 2 is 2.22 bits per heavy atom. The highest BCUT2D eigenvalue weighted by atomic mass is 19.1. The molecule has 1 aromatic rings. The van der Waals surface area contributed by atoms with Crippen molar-refractivity contribution in [2.75, 3.05) is 13.6 Å². The fraction of sp³-hybridized carbons (Fsp3) is 0.500. The fourth-order valence-corrected chi connectivity index (χ4v) is 2.28. The van der Waals surface area contributed by atoms with Crippen molar-refractivity contribution in [3.63, 3.8) is 0 Å². The van der Waals surface area contributed by atoms with Crippen LogP contribution in [0.3, 0.4) is 0 Å². The number of carbonyl (C=O) groups is 1. The van der Waals surface area contributed by atoms with Crippen molar-refractivity contribution < 1.29 is 14.3 Å². The van der Waals surface area contributed by atoms with Crippen LogP contribution in [-0.4, -0.2) is 29.6 Å². The molecule has 1 N–H and O–H groups in total. The lowest BCUT2D eigenvalue weighted by atomic mass is 10.1. The molecule has 0 bridgehead atoms. The van der Waals surface area contributed by atoms with Gasteiger partial charge in [0.2, 0.25) is 0 Å². The van der Waals surface area contributed by atoms with Gasteiger partial charge in [-0.1, -0.05) is 19.1 Å². The second kappa shape index (κ2) is 5.06. The minimum absolute atomic E-state index is 0.249. The summed E-state index contributed by atoms with van der Waals surface area (Å²) in [5.74, 6) is -0.350. The van der Waals surface area contributed by atoms with E-state index in [9.17, 15) is 9.18 Å². The number of aromatic carboxylic acids is 1. The van der Waals surface area contributed by atoms with Gasteiger partial charge in [-0.05, 0) is 31.4 Å². The zero-order chi connectivity index (χ0) is 13.3. The molecule has 2 rings (SSSR count). The van der Waals surface area contributed by atoms with Crippen molar-refractivity contribution in [1.82, 2.24) is 4.90 Å². The number of benzene rings is 1. The SMILES string of the molecule is CC1CC1CN(C)Cc1cccc(C(=O)O)c1F. The first kappa shape index (κ1) is 13.0. The normalized spacial score (nSPS) is 22.2. The maximum Gasteiger partial charge on any atom is 0.338 e. The molecule has 3 nitrogen and oxygen atoms in total. The summed E-state index contributed by atoms with van der Waals surface area (Å²) < 4.78 is 13.9. The highest BCUT2D eigenvalue weighted by molar-refractivity contribution is 5.88. The van der Waals surface area contributed by atoms with E-state index in [0.717, 1.165) is 12.5 Å². The summed E-state index contributed by atoms with van der Waals surface area (Å²) in [6, 6.07) is 4.54. The average Bonchev–Trinajstić information content (AvgIpc) is 2.96. The molecule has 18 heavy (non-hydrogen) atoms. The summed E-state index contributed by atoms with van der Waals surface area (Å²) in [4.78, 5) is 12.9. The number of rotatable bonds is 5. The van der Waals surface area contributed by atoms with E-state index < -0.39 is 11.8 Å². The molecule has 0 heterocycles. The Kier molecular flexibility index (Phi) is 3.66. The molecular formula is C14H18FNO2. The lowest BCUT2D eigenvalue weighted by molar-refractivity contribution is 0.0691. The van der Waals surface area contributed by atoms with Crippen LogP contribution in [-0.2, 0) is 6.54 Å². The minimum atomic E-state index is -1.21. The monoisotopic (exact) mass is 251 g/mol. The Bertz CT molecular complexity index is 461. The topological polar surface area (TPSA) is 40.5 Å². The zero-order valence-corrected chi connectivity index (χ0v) is 10.7. The first-order valence-corrected chi connectivity index (χ1v) is 6.18. The first-order valence-electron chi connectivity index (χ1n) is 6.18. The van der Waals surface area contributed by atoms with Gasteiger partial charge in [0.05, 0.1) is 5.56 Å². The number of hydrogen-bond acceptors (Lipinski definition) is 2. The summed E-state index contributed by atoms with van der Waals surface area (Å²) in [7, 11) is 1.94. The van der Waals surface area contributed by atoms with Crippen molar-refractivity contribution >= 4 is 5.97 Å². The van der Waals surface area contributed by atoms with Crippen LogP contribution in [0.15, 0.2) is 18.2 Å². The molecule has 1 saturated carbocycles. The molecule has 0 amide bonds. The van der Waals surface area contributed by atoms with E-state index in [1.165, 1.54) is 12.5 Å². The number of halogens is 1. The smallest absolute Gasteiger partial charge is 0.338 e. The van der Waals surface area contributed by atoms with E-state index in [0.29, 0.717) is 18.0 Å². The summed E-state index contributed by atoms with van der Waals surface area (Å²) >= 11 is 0. The van der Waals surface area contributed by atoms with Crippen LogP contribution >= 0.6 is 0 Å². The van der Waals surface area contributed by atoms with E-state index in [2.05, 4.69) is 11.8 Å². The van der Waals surface area contributed by atoms with Gasteiger partial charge in [-0.3, -0.25) is 0 Å². The summed E-state index contributed by atoms with van der Waals surface area (Å²) in [6.07, 6.45) is 1.24. The average molecular weight is 251 g/mol. The van der Waals surface area contributed by atoms with Gasteiger partial charge in [0.25, 0.3) is 0 Å². The Balaban J connectivity index is 2.04. The van der Waals surface area contributed by atoms with Crippen LogP contribution < -0.4 is 0 Å². The van der Waals surface area contributed by atoms with E-state index >= 15 is 0 Å². The van der Waals surface area contributed by atoms with Gasteiger partial charge in [-0.2, -0.15) is 0 Å². The van der Waals surface area contributed by atoms with Crippen LogP contribution in [0.2, 0.25) is 0 Å². The van der Waals surface area contributed by atoms with Crippen LogP contribution in [0.25, 0.3) is 0 Å². The largest absolute Gasteiger partial charge is 0.478 e. The Labute approximate surface area is 106 Å². The molecule has 0 aliphatic heterocycles. The van der Waals surface area contributed by atoms with Crippen molar-refractivity contribution in [3.8, 4) is 0 Å². The minimum Gasteiger partial charge on any atom is -0.478 e. The molecule has 0 spiro atoms. The number of hydrogen-bond donors (Lipinski definition) is 1. The molecule has 98 valence electrons.